The topological polar surface area (TPSA) is 190 Å². The number of anilines is 2. The fourth-order valence-corrected chi connectivity index (χ4v) is 8.87. The number of aryl methyl sites for hydroxylation is 1. The number of nitrogens with two attached hydrogens (primary N) is 1. The molecular formula is C58H64F6IN11O2Si. The zero-order chi connectivity index (χ0) is 57.3. The van der Waals surface area contributed by atoms with E-state index in [9.17, 15) is 35.9 Å². The van der Waals surface area contributed by atoms with Crippen molar-refractivity contribution in [2.75, 3.05) is 42.5 Å². The minimum atomic E-state index is -4.73. The van der Waals surface area contributed by atoms with Crippen molar-refractivity contribution in [3.8, 4) is 34.7 Å². The number of carbonyl (C=O) groups excluding carboxylic acids is 2. The van der Waals surface area contributed by atoms with Gasteiger partial charge in [-0.15, -0.1) is 21.8 Å². The summed E-state index contributed by atoms with van der Waals surface area (Å²) in [5.41, 5.74) is 11.5. The first-order valence-corrected chi connectivity index (χ1v) is 32.7. The summed E-state index contributed by atoms with van der Waals surface area (Å²) in [5.74, 6) is -2.79. The molecule has 0 bridgehead atoms. The number of rotatable bonds is 16. The van der Waals surface area contributed by atoms with Gasteiger partial charge in [0.2, 0.25) is 23.5 Å². The van der Waals surface area contributed by atoms with Crippen LogP contribution in [0.25, 0.3) is 22.5 Å². The van der Waals surface area contributed by atoms with Gasteiger partial charge in [0.15, 0.2) is 0 Å². The van der Waals surface area contributed by atoms with Crippen LogP contribution in [0.5, 0.6) is 0 Å². The summed E-state index contributed by atoms with van der Waals surface area (Å²) in [7, 11) is 0. The third-order valence-corrected chi connectivity index (χ3v) is 12.7. The van der Waals surface area contributed by atoms with Crippen LogP contribution in [0.1, 0.15) is 84.1 Å². The van der Waals surface area contributed by atoms with E-state index in [0.29, 0.717) is 99.9 Å². The third-order valence-electron chi connectivity index (χ3n) is 12.7. The highest BCUT2D eigenvalue weighted by molar-refractivity contribution is 14.1. The molecule has 0 aliphatic carbocycles. The lowest BCUT2D eigenvalue weighted by atomic mass is 10.1. The van der Waals surface area contributed by atoms with Gasteiger partial charge in [0.1, 0.15) is 29.3 Å². The fraction of sp³-hybridized carbons (Fsp3) is 0.379. The molecule has 0 spiro atoms. The first kappa shape index (κ1) is 61.3. The summed E-state index contributed by atoms with van der Waals surface area (Å²) in [6, 6.07) is 34.5. The molecule has 2 amide bonds. The van der Waals surface area contributed by atoms with Crippen molar-refractivity contribution < 1.29 is 35.9 Å². The highest BCUT2D eigenvalue weighted by atomic mass is 127. The third kappa shape index (κ3) is 18.6. The quantitative estimate of drug-likeness (QED) is 0.0362. The van der Waals surface area contributed by atoms with Gasteiger partial charge in [-0.05, 0) is 104 Å². The Kier molecular flexibility index (Phi) is 21.9. The maximum Gasteiger partial charge on any atom is 0.451 e. The van der Waals surface area contributed by atoms with Crippen molar-refractivity contribution in [2.24, 2.45) is 5.73 Å². The molecule has 2 fully saturated rings. The number of nitrogens with zero attached hydrogens (tertiary/aromatic N) is 8. The van der Waals surface area contributed by atoms with Crippen LogP contribution >= 0.6 is 21.8 Å². The highest BCUT2D eigenvalue weighted by Gasteiger charge is 2.40. The number of aromatic nitrogens is 4. The zero-order valence-electron chi connectivity index (χ0n) is 44.6. The molecule has 2 aliphatic heterocycles. The lowest BCUT2D eigenvalue weighted by Crippen LogP contribution is -2.44. The van der Waals surface area contributed by atoms with Gasteiger partial charge in [0.05, 0.1) is 34.7 Å². The number of alkyl halides is 6. The predicted molar refractivity (Wildman–Crippen MR) is 306 cm³/mol. The molecule has 2 saturated heterocycles. The second kappa shape index (κ2) is 28.3. The summed E-state index contributed by atoms with van der Waals surface area (Å²) in [4.78, 5) is 44.5. The van der Waals surface area contributed by atoms with Crippen LogP contribution in [0.4, 0.5) is 38.0 Å². The molecule has 0 saturated carbocycles. The van der Waals surface area contributed by atoms with Gasteiger partial charge < -0.3 is 26.2 Å². The molecular weight excluding hydrogens is 1150 g/mol. The number of hydrogen-bond donors (Lipinski definition) is 3. The fourth-order valence-electron chi connectivity index (χ4n) is 8.87. The lowest BCUT2D eigenvalue weighted by molar-refractivity contribution is -0.145. The van der Waals surface area contributed by atoms with Crippen molar-refractivity contribution in [1.82, 2.24) is 30.6 Å². The molecule has 0 unspecified atom stereocenters. The molecule has 0 radical (unpaired) electrons. The minimum Gasteiger partial charge on any atom is -0.354 e. The smallest absolute Gasteiger partial charge is 0.354 e. The van der Waals surface area contributed by atoms with Crippen molar-refractivity contribution in [3.05, 3.63) is 154 Å². The monoisotopic (exact) mass is 1220 g/mol. The van der Waals surface area contributed by atoms with Crippen molar-refractivity contribution in [3.63, 3.8) is 0 Å². The van der Waals surface area contributed by atoms with Crippen LogP contribution in [0.2, 0.25) is 19.6 Å². The Balaban J connectivity index is 0.000000235. The number of carbonyl (C=O) groups is 2. The Morgan fingerprint density at radius 2 is 0.949 bits per heavy atom. The molecule has 79 heavy (non-hydrogen) atoms. The van der Waals surface area contributed by atoms with E-state index in [0.717, 1.165) is 35.1 Å². The van der Waals surface area contributed by atoms with E-state index >= 15 is 0 Å². The molecule has 6 aromatic rings. The predicted octanol–water partition coefficient (Wildman–Crippen LogP) is 11.4. The van der Waals surface area contributed by atoms with Crippen molar-refractivity contribution >= 4 is 50.8 Å². The maximum absolute atomic E-state index is 13.7. The van der Waals surface area contributed by atoms with Gasteiger partial charge in [-0.2, -0.15) is 36.9 Å². The van der Waals surface area contributed by atoms with E-state index in [1.807, 2.05) is 48.5 Å². The number of nitriles is 2. The van der Waals surface area contributed by atoms with Gasteiger partial charge >= 0.3 is 12.4 Å². The van der Waals surface area contributed by atoms with Crippen LogP contribution < -0.4 is 26.2 Å². The van der Waals surface area contributed by atoms with E-state index in [2.05, 4.69) is 91.1 Å². The van der Waals surface area contributed by atoms with E-state index in [-0.39, 0.29) is 34.8 Å². The van der Waals surface area contributed by atoms with Gasteiger partial charge in [0, 0.05) is 49.4 Å². The van der Waals surface area contributed by atoms with Crippen molar-refractivity contribution in [1.29, 1.82) is 10.5 Å². The second-order valence-electron chi connectivity index (χ2n) is 20.0. The lowest BCUT2D eigenvalue weighted by Gasteiger charge is -2.26. The van der Waals surface area contributed by atoms with Gasteiger partial charge in [-0.1, -0.05) is 106 Å². The number of hydrogen-bond acceptors (Lipinski definition) is 11. The van der Waals surface area contributed by atoms with E-state index in [4.69, 9.17) is 16.3 Å². The van der Waals surface area contributed by atoms with Gasteiger partial charge in [-0.3, -0.25) is 9.59 Å². The second-order valence-corrected chi connectivity index (χ2v) is 33.9. The Labute approximate surface area is 471 Å². The van der Waals surface area contributed by atoms with Crippen LogP contribution in [-0.2, 0) is 47.6 Å². The average Bonchev–Trinajstić information content (AvgIpc) is 4.19. The Bertz CT molecular complexity index is 2850. The summed E-state index contributed by atoms with van der Waals surface area (Å²) in [5, 5.41) is 23.6. The van der Waals surface area contributed by atoms with Crippen LogP contribution in [0.15, 0.2) is 109 Å². The molecule has 13 nitrogen and oxygen atoms in total. The number of nitrogens with one attached hydrogen (secondary N) is 2. The van der Waals surface area contributed by atoms with E-state index in [1.165, 1.54) is 12.1 Å². The number of halogens is 7. The van der Waals surface area contributed by atoms with Crippen LogP contribution in [0, 0.1) is 22.7 Å². The van der Waals surface area contributed by atoms with Crippen LogP contribution in [0.3, 0.4) is 0 Å². The normalized spacial score (nSPS) is 15.2. The first-order valence-electron chi connectivity index (χ1n) is 26.1. The maximum atomic E-state index is 13.7. The Hall–Kier alpha value is -6.95. The van der Waals surface area contributed by atoms with E-state index in [1.54, 1.807) is 58.3 Å². The van der Waals surface area contributed by atoms with Gasteiger partial charge in [-0.25, -0.2) is 19.9 Å². The molecule has 4 aromatic carbocycles. The summed E-state index contributed by atoms with van der Waals surface area (Å²) in [6.07, 6.45) is -3.42. The summed E-state index contributed by atoms with van der Waals surface area (Å²) in [6.45, 7) is 11.1. The molecule has 2 atom stereocenters. The zero-order valence-corrected chi connectivity index (χ0v) is 47.7. The molecule has 2 aromatic heterocycles. The minimum absolute atomic E-state index is 0.0769. The number of amides is 2. The molecule has 21 heteroatoms. The largest absolute Gasteiger partial charge is 0.451 e. The highest BCUT2D eigenvalue weighted by Crippen LogP contribution is 2.35. The van der Waals surface area contributed by atoms with E-state index < -0.39 is 41.7 Å². The summed E-state index contributed by atoms with van der Waals surface area (Å²) < 4.78 is 82.2. The molecule has 8 rings (SSSR count). The first-order chi connectivity index (χ1) is 37.6. The van der Waals surface area contributed by atoms with Gasteiger partial charge in [0.25, 0.3) is 0 Å². The number of benzene rings is 4. The molecule has 4 heterocycles. The average molecular weight is 1220 g/mol. The Morgan fingerprint density at radius 1 is 0.608 bits per heavy atom. The molecule has 4 N–H and O–H groups in total. The summed E-state index contributed by atoms with van der Waals surface area (Å²) >= 11 is 2.52. The van der Waals surface area contributed by atoms with Crippen molar-refractivity contribution in [2.45, 2.75) is 109 Å². The van der Waals surface area contributed by atoms with Crippen LogP contribution in [-0.4, -0.2) is 82.1 Å². The molecule has 416 valence electrons. The SMILES string of the molecule is CCCc1ccc(-c2cc(N3CCC[C@H]3C(=O)NCCc3ccc(C#N)cc3)nc(C(F)(F)F)n2)cc1.C[Si](C)(C)I.N#Cc1ccc(CCNC(=O)[C@@H]2CCCN2c2cc(-c3ccc(CCN)cc3)nc(C(F)(F)F)n2)cc1. The molecule has 2 aliphatic rings. The Morgan fingerprint density at radius 3 is 1.28 bits per heavy atom. The standard InChI is InChI=1S/C28H28F3N5O.C27H27F3N6O.C3H9ISi/c1-2-4-19-10-12-22(13-11-19)23-17-25(35-27(34-23)28(29,30)31)36-16-3-5-24(36)26(37)33-15-14-20-6-8-21(18-32)9-7-20;28-27(29,30)26-34-22(21-9-7-18(8-10-21)11-13-31)16-24(35-26)36-15-1-2-23(36)25(37)33-14-12-19-3-5-20(17-32)6-4-19;1-5(2,3)4/h6-13,17,24H,2-5,14-16H2,1H3,(H,33,37);3-10,16,23H,1-2,11-15,31H2,(H,33,37);1-3H3/t24-;23-;/m00./s1.